The van der Waals surface area contributed by atoms with Crippen molar-refractivity contribution >= 4 is 10.0 Å². The van der Waals surface area contributed by atoms with Crippen LogP contribution in [0.25, 0.3) is 0 Å². The van der Waals surface area contributed by atoms with Crippen LogP contribution in [-0.4, -0.2) is 43.3 Å². The molecular weight excluding hydrogens is 332 g/mol. The summed E-state index contributed by atoms with van der Waals surface area (Å²) in [6, 6.07) is 14.3. The average Bonchev–Trinajstić information content (AvgIpc) is 2.55. The molecule has 4 nitrogen and oxygen atoms in total. The van der Waals surface area contributed by atoms with Gasteiger partial charge in [-0.3, -0.25) is 4.90 Å². The molecule has 2 heterocycles. The Morgan fingerprint density at radius 2 is 1.68 bits per heavy atom. The summed E-state index contributed by atoms with van der Waals surface area (Å²) in [5, 5.41) is 0. The highest BCUT2D eigenvalue weighted by atomic mass is 32.2. The molecule has 0 aromatic heterocycles. The van der Waals surface area contributed by atoms with Crippen LogP contribution in [0.2, 0.25) is 0 Å². The third kappa shape index (κ3) is 3.01. The zero-order valence-corrected chi connectivity index (χ0v) is 15.6. The summed E-state index contributed by atoms with van der Waals surface area (Å²) in [6.07, 6.45) is 1.05. The third-order valence-electron chi connectivity index (χ3n) is 5.62. The molecule has 0 radical (unpaired) electrons. The van der Waals surface area contributed by atoms with Gasteiger partial charge in [-0.1, -0.05) is 30.3 Å². The van der Waals surface area contributed by atoms with E-state index in [0.29, 0.717) is 24.0 Å². The summed E-state index contributed by atoms with van der Waals surface area (Å²) in [5.41, 5.74) is 4.94. The number of benzene rings is 2. The molecule has 5 heteroatoms. The predicted molar refractivity (Wildman–Crippen MR) is 99.0 cm³/mol. The molecule has 1 fully saturated rings. The maximum absolute atomic E-state index is 12.8. The van der Waals surface area contributed by atoms with Crippen LogP contribution in [0.4, 0.5) is 0 Å². The van der Waals surface area contributed by atoms with Gasteiger partial charge < -0.3 is 0 Å². The first-order valence-electron chi connectivity index (χ1n) is 8.83. The summed E-state index contributed by atoms with van der Waals surface area (Å²) in [5.74, 6) is 0. The number of hydrogen-bond donors (Lipinski definition) is 0. The molecule has 2 aliphatic heterocycles. The van der Waals surface area contributed by atoms with Crippen LogP contribution in [0, 0.1) is 13.8 Å². The second kappa shape index (κ2) is 6.24. The fourth-order valence-corrected chi connectivity index (χ4v) is 5.30. The van der Waals surface area contributed by atoms with Crippen molar-refractivity contribution in [1.82, 2.24) is 9.21 Å². The van der Waals surface area contributed by atoms with E-state index in [9.17, 15) is 8.42 Å². The Balaban J connectivity index is 1.44. The summed E-state index contributed by atoms with van der Waals surface area (Å²) < 4.78 is 27.2. The molecule has 0 unspecified atom stereocenters. The van der Waals surface area contributed by atoms with E-state index in [-0.39, 0.29) is 0 Å². The smallest absolute Gasteiger partial charge is 0.243 e. The molecule has 0 aliphatic carbocycles. The molecule has 25 heavy (non-hydrogen) atoms. The Labute approximate surface area is 150 Å². The first kappa shape index (κ1) is 16.8. The minimum Gasteiger partial charge on any atom is -0.293 e. The van der Waals surface area contributed by atoms with Crippen LogP contribution in [-0.2, 0) is 23.0 Å². The molecule has 4 rings (SSSR count). The van der Waals surface area contributed by atoms with E-state index in [0.717, 1.165) is 30.6 Å². The van der Waals surface area contributed by atoms with E-state index >= 15 is 0 Å². The van der Waals surface area contributed by atoms with Gasteiger partial charge in [0.25, 0.3) is 0 Å². The molecule has 0 atom stereocenters. The Morgan fingerprint density at radius 3 is 2.40 bits per heavy atom. The minimum absolute atomic E-state index is 0.328. The second-order valence-corrected chi connectivity index (χ2v) is 9.15. The zero-order valence-electron chi connectivity index (χ0n) is 14.8. The van der Waals surface area contributed by atoms with Crippen molar-refractivity contribution < 1.29 is 8.42 Å². The summed E-state index contributed by atoms with van der Waals surface area (Å²) in [6.45, 7) is 7.09. The lowest BCUT2D eigenvalue weighted by Crippen LogP contribution is -2.61. The maximum Gasteiger partial charge on any atom is 0.243 e. The van der Waals surface area contributed by atoms with E-state index in [2.05, 4.69) is 29.2 Å². The number of sulfonamides is 1. The largest absolute Gasteiger partial charge is 0.293 e. The fourth-order valence-electron chi connectivity index (χ4n) is 3.70. The van der Waals surface area contributed by atoms with Crippen LogP contribution in [0.3, 0.4) is 0 Å². The van der Waals surface area contributed by atoms with Crippen LogP contribution in [0.5, 0.6) is 0 Å². The van der Waals surface area contributed by atoms with E-state index in [1.165, 1.54) is 11.1 Å². The number of hydrogen-bond acceptors (Lipinski definition) is 3. The first-order chi connectivity index (χ1) is 11.9. The Bertz CT molecular complexity index is 902. The van der Waals surface area contributed by atoms with Crippen LogP contribution < -0.4 is 0 Å². The molecular formula is C20H24N2O2S. The van der Waals surface area contributed by atoms with Crippen molar-refractivity contribution in [1.29, 1.82) is 0 Å². The van der Waals surface area contributed by atoms with E-state index < -0.39 is 10.0 Å². The lowest BCUT2D eigenvalue weighted by molar-refractivity contribution is 0.0769. The molecule has 0 saturated carbocycles. The fraction of sp³-hybridized carbons (Fsp3) is 0.400. The van der Waals surface area contributed by atoms with Crippen molar-refractivity contribution in [2.75, 3.05) is 19.6 Å². The molecule has 0 N–H and O–H groups in total. The van der Waals surface area contributed by atoms with Crippen molar-refractivity contribution in [3.05, 3.63) is 64.7 Å². The maximum atomic E-state index is 12.8. The lowest BCUT2D eigenvalue weighted by atomic mass is 9.97. The molecule has 132 valence electrons. The Kier molecular flexibility index (Phi) is 4.18. The van der Waals surface area contributed by atoms with Gasteiger partial charge in [0, 0.05) is 32.2 Å². The highest BCUT2D eigenvalue weighted by molar-refractivity contribution is 7.89. The predicted octanol–water partition coefficient (Wildman–Crippen LogP) is 2.73. The SMILES string of the molecule is Cc1ccc(S(=O)(=O)N2CC(N3CCc4ccccc4C3)C2)cc1C. The molecule has 2 aromatic carbocycles. The van der Waals surface area contributed by atoms with Gasteiger partial charge in [-0.05, 0) is 54.7 Å². The molecule has 2 aromatic rings. The van der Waals surface area contributed by atoms with Gasteiger partial charge in [0.2, 0.25) is 10.0 Å². The summed E-state index contributed by atoms with van der Waals surface area (Å²) >= 11 is 0. The summed E-state index contributed by atoms with van der Waals surface area (Å²) in [4.78, 5) is 2.84. The number of nitrogens with zero attached hydrogens (tertiary/aromatic N) is 2. The Morgan fingerprint density at radius 1 is 0.960 bits per heavy atom. The zero-order chi connectivity index (χ0) is 17.6. The monoisotopic (exact) mass is 356 g/mol. The highest BCUT2D eigenvalue weighted by Gasteiger charge is 2.40. The molecule has 2 aliphatic rings. The van der Waals surface area contributed by atoms with Gasteiger partial charge in [-0.25, -0.2) is 8.42 Å². The normalized spacial score (nSPS) is 19.4. The van der Waals surface area contributed by atoms with Crippen molar-refractivity contribution in [2.45, 2.75) is 37.8 Å². The van der Waals surface area contributed by atoms with E-state index in [4.69, 9.17) is 0 Å². The van der Waals surface area contributed by atoms with E-state index in [1.54, 1.807) is 16.4 Å². The van der Waals surface area contributed by atoms with E-state index in [1.807, 2.05) is 19.9 Å². The molecule has 1 saturated heterocycles. The minimum atomic E-state index is -3.37. The van der Waals surface area contributed by atoms with Gasteiger partial charge in [-0.15, -0.1) is 0 Å². The third-order valence-corrected chi connectivity index (χ3v) is 7.45. The van der Waals surface area contributed by atoms with Crippen LogP contribution in [0.15, 0.2) is 47.4 Å². The van der Waals surface area contributed by atoms with Gasteiger partial charge in [0.15, 0.2) is 0 Å². The topological polar surface area (TPSA) is 40.6 Å². The number of aryl methyl sites for hydroxylation is 2. The standard InChI is InChI=1S/C20H24N2O2S/c1-15-7-8-20(11-16(15)2)25(23,24)22-13-19(14-22)21-10-9-17-5-3-4-6-18(17)12-21/h3-8,11,19H,9-10,12-14H2,1-2H3. The number of fused-ring (bicyclic) bond motifs is 1. The molecule has 0 spiro atoms. The quantitative estimate of drug-likeness (QED) is 0.849. The molecule has 0 amide bonds. The van der Waals surface area contributed by atoms with Gasteiger partial charge >= 0.3 is 0 Å². The van der Waals surface area contributed by atoms with Crippen molar-refractivity contribution in [3.63, 3.8) is 0 Å². The first-order valence-corrected chi connectivity index (χ1v) is 10.3. The van der Waals surface area contributed by atoms with Gasteiger partial charge in [-0.2, -0.15) is 4.31 Å². The number of rotatable bonds is 3. The van der Waals surface area contributed by atoms with Crippen molar-refractivity contribution in [2.24, 2.45) is 0 Å². The Hall–Kier alpha value is -1.69. The second-order valence-electron chi connectivity index (χ2n) is 7.21. The summed E-state index contributed by atoms with van der Waals surface area (Å²) in [7, 11) is -3.37. The lowest BCUT2D eigenvalue weighted by Gasteiger charge is -2.46. The van der Waals surface area contributed by atoms with Gasteiger partial charge in [0.05, 0.1) is 4.90 Å². The molecule has 0 bridgehead atoms. The highest BCUT2D eigenvalue weighted by Crippen LogP contribution is 2.28. The van der Waals surface area contributed by atoms with Crippen molar-refractivity contribution in [3.8, 4) is 0 Å². The average molecular weight is 356 g/mol. The van der Waals surface area contributed by atoms with Crippen LogP contribution in [0.1, 0.15) is 22.3 Å². The van der Waals surface area contributed by atoms with Gasteiger partial charge in [0.1, 0.15) is 0 Å². The van der Waals surface area contributed by atoms with Crippen LogP contribution >= 0.6 is 0 Å².